The number of aromatic nitrogens is 3. The van der Waals surface area contributed by atoms with Gasteiger partial charge in [0.05, 0.1) is 5.97 Å². The number of hydrogen-bond donors (Lipinski definition) is 0. The number of carbonyl (C=O) groups is 1. The predicted octanol–water partition coefficient (Wildman–Crippen LogP) is 4.08. The quantitative estimate of drug-likeness (QED) is 0.399. The predicted molar refractivity (Wildman–Crippen MR) is 126 cm³/mol. The van der Waals surface area contributed by atoms with Crippen LogP contribution in [0.4, 0.5) is 0 Å². The van der Waals surface area contributed by atoms with E-state index in [9.17, 15) is 9.90 Å². The van der Waals surface area contributed by atoms with Gasteiger partial charge in [-0.1, -0.05) is 82.4 Å². The minimum Gasteiger partial charge on any atom is -0.545 e. The Balaban J connectivity index is 1.54. The number of carboxylic acids is 1. The van der Waals surface area contributed by atoms with Gasteiger partial charge in [0.15, 0.2) is 5.52 Å². The second kappa shape index (κ2) is 6.50. The molecule has 5 heteroatoms. The Morgan fingerprint density at radius 1 is 0.848 bits per heavy atom. The summed E-state index contributed by atoms with van der Waals surface area (Å²) in [5.41, 5.74) is 5.29. The molecule has 0 unspecified atom stereocenters. The molecule has 0 N–H and O–H groups in total. The Labute approximate surface area is 188 Å². The third kappa shape index (κ3) is 2.50. The summed E-state index contributed by atoms with van der Waals surface area (Å²) in [5, 5.41) is 22.3. The molecule has 0 radical (unpaired) electrons. The van der Waals surface area contributed by atoms with E-state index in [2.05, 4.69) is 59.2 Å². The van der Waals surface area contributed by atoms with Crippen molar-refractivity contribution in [2.45, 2.75) is 6.54 Å². The van der Waals surface area contributed by atoms with Gasteiger partial charge in [-0.25, -0.2) is 4.57 Å². The maximum absolute atomic E-state index is 11.1. The van der Waals surface area contributed by atoms with E-state index in [1.165, 1.54) is 21.5 Å². The molecular formula is C28H17N3O2. The van der Waals surface area contributed by atoms with E-state index in [1.807, 2.05) is 28.8 Å². The maximum atomic E-state index is 11.1. The first-order chi connectivity index (χ1) is 16.2. The highest BCUT2D eigenvalue weighted by molar-refractivity contribution is 6.29. The molecule has 0 bridgehead atoms. The number of aromatic carboxylic acids is 1. The van der Waals surface area contributed by atoms with E-state index in [-0.39, 0.29) is 5.56 Å². The summed E-state index contributed by atoms with van der Waals surface area (Å²) in [6, 6.07) is 30.1. The minimum absolute atomic E-state index is 0.181. The lowest BCUT2D eigenvalue weighted by molar-refractivity contribution is -0.636. The number of hydrogen-bond acceptors (Lipinski definition) is 3. The maximum Gasteiger partial charge on any atom is 0.309 e. The number of para-hydroxylation sites is 2. The third-order valence-electron chi connectivity index (χ3n) is 6.60. The van der Waals surface area contributed by atoms with Crippen LogP contribution in [0.5, 0.6) is 0 Å². The smallest absolute Gasteiger partial charge is 0.309 e. The lowest BCUT2D eigenvalue weighted by Gasteiger charge is -2.04. The number of rotatable bonds is 3. The van der Waals surface area contributed by atoms with Crippen LogP contribution in [-0.2, 0) is 6.54 Å². The topological polar surface area (TPSA) is 61.3 Å². The van der Waals surface area contributed by atoms with Crippen LogP contribution < -0.4 is 9.67 Å². The van der Waals surface area contributed by atoms with Gasteiger partial charge in [0.2, 0.25) is 5.52 Å². The zero-order valence-corrected chi connectivity index (χ0v) is 17.5. The van der Waals surface area contributed by atoms with Crippen LogP contribution in [0.3, 0.4) is 0 Å². The van der Waals surface area contributed by atoms with Crippen molar-refractivity contribution < 1.29 is 14.5 Å². The molecule has 5 aromatic carbocycles. The van der Waals surface area contributed by atoms with Crippen molar-refractivity contribution in [3.8, 4) is 0 Å². The van der Waals surface area contributed by atoms with Crippen molar-refractivity contribution in [2.24, 2.45) is 0 Å². The van der Waals surface area contributed by atoms with Gasteiger partial charge >= 0.3 is 5.65 Å². The number of fused-ring (bicyclic) bond motifs is 6. The zero-order valence-electron chi connectivity index (χ0n) is 17.5. The minimum atomic E-state index is -1.16. The van der Waals surface area contributed by atoms with E-state index in [0.717, 1.165) is 33.1 Å². The van der Waals surface area contributed by atoms with Crippen molar-refractivity contribution in [1.29, 1.82) is 0 Å². The van der Waals surface area contributed by atoms with Crippen LogP contribution in [-0.4, -0.2) is 15.6 Å². The van der Waals surface area contributed by atoms with Crippen molar-refractivity contribution in [1.82, 2.24) is 9.61 Å². The van der Waals surface area contributed by atoms with Gasteiger partial charge < -0.3 is 9.90 Å². The molecular weight excluding hydrogens is 410 g/mol. The van der Waals surface area contributed by atoms with E-state index < -0.39 is 5.97 Å². The number of imidazole rings is 1. The second-order valence-electron chi connectivity index (χ2n) is 8.45. The van der Waals surface area contributed by atoms with Crippen LogP contribution in [0.25, 0.3) is 49.1 Å². The van der Waals surface area contributed by atoms with Crippen molar-refractivity contribution in [3.05, 3.63) is 102 Å². The molecule has 0 atom stereocenters. The summed E-state index contributed by atoms with van der Waals surface area (Å²) < 4.78 is 4.26. The highest BCUT2D eigenvalue weighted by Crippen LogP contribution is 2.37. The van der Waals surface area contributed by atoms with Crippen molar-refractivity contribution in [2.75, 3.05) is 0 Å². The molecule has 7 rings (SSSR count). The fourth-order valence-electron chi connectivity index (χ4n) is 5.09. The molecule has 0 fully saturated rings. The molecule has 2 aromatic heterocycles. The van der Waals surface area contributed by atoms with Gasteiger partial charge in [-0.2, -0.15) is 0 Å². The van der Waals surface area contributed by atoms with Gasteiger partial charge in [-0.15, -0.1) is 0 Å². The van der Waals surface area contributed by atoms with Crippen LogP contribution in [0.1, 0.15) is 15.9 Å². The van der Waals surface area contributed by atoms with Gasteiger partial charge in [0.1, 0.15) is 12.1 Å². The Bertz CT molecular complexity index is 1860. The highest BCUT2D eigenvalue weighted by atomic mass is 16.4. The first-order valence-corrected chi connectivity index (χ1v) is 10.9. The standard InChI is InChI=1S/C28H17N3O2/c32-28(33)19-13-11-17(12-14-19)16-30-23-9-1-2-10-24(23)31-25(30)15-22-20-7-3-5-18-6-4-8-21(26(18)20)27(22)29-31/h1-15H,16H2. The van der Waals surface area contributed by atoms with E-state index in [1.54, 1.807) is 12.1 Å². The first-order valence-electron chi connectivity index (χ1n) is 10.9. The molecule has 0 aliphatic rings. The Morgan fingerprint density at radius 3 is 2.39 bits per heavy atom. The normalized spacial score (nSPS) is 12.0. The number of carboxylic acid groups (broad SMARTS) is 1. The molecule has 0 aliphatic heterocycles. The molecule has 7 aromatic rings. The fourth-order valence-corrected chi connectivity index (χ4v) is 5.09. The van der Waals surface area contributed by atoms with Gasteiger partial charge in [-0.3, -0.25) is 0 Å². The molecule has 2 heterocycles. The van der Waals surface area contributed by atoms with Crippen molar-refractivity contribution >= 4 is 55.1 Å². The molecule has 0 saturated carbocycles. The largest absolute Gasteiger partial charge is 0.545 e. The lowest BCUT2D eigenvalue weighted by Crippen LogP contribution is -2.34. The van der Waals surface area contributed by atoms with Crippen LogP contribution in [0, 0.1) is 0 Å². The molecule has 5 nitrogen and oxygen atoms in total. The third-order valence-corrected chi connectivity index (χ3v) is 6.60. The highest BCUT2D eigenvalue weighted by Gasteiger charge is 2.23. The molecule has 156 valence electrons. The molecule has 0 saturated heterocycles. The molecule has 0 spiro atoms. The Hall–Kier alpha value is -4.51. The average Bonchev–Trinajstić information content (AvgIpc) is 3.33. The number of nitrogens with zero attached hydrogens (tertiary/aromatic N) is 3. The van der Waals surface area contributed by atoms with Gasteiger partial charge in [0, 0.05) is 16.8 Å². The Morgan fingerprint density at radius 2 is 1.61 bits per heavy atom. The van der Waals surface area contributed by atoms with Crippen LogP contribution in [0.2, 0.25) is 0 Å². The average molecular weight is 427 g/mol. The molecule has 0 amide bonds. The van der Waals surface area contributed by atoms with Crippen molar-refractivity contribution in [3.63, 3.8) is 0 Å². The summed E-state index contributed by atoms with van der Waals surface area (Å²) in [4.78, 5) is 11.1. The fraction of sp³-hybridized carbons (Fsp3) is 0.0357. The number of benzene rings is 4. The Kier molecular flexibility index (Phi) is 3.56. The lowest BCUT2D eigenvalue weighted by atomic mass is 10.1. The summed E-state index contributed by atoms with van der Waals surface area (Å²) in [5.74, 6) is -1.16. The van der Waals surface area contributed by atoms with Gasteiger partial charge in [-0.05, 0) is 39.4 Å². The summed E-state index contributed by atoms with van der Waals surface area (Å²) in [6.45, 7) is 0.599. The summed E-state index contributed by atoms with van der Waals surface area (Å²) in [6.07, 6.45) is 0. The monoisotopic (exact) mass is 427 g/mol. The first kappa shape index (κ1) is 18.1. The number of carbonyl (C=O) groups excluding carboxylic acids is 1. The van der Waals surface area contributed by atoms with Crippen LogP contribution >= 0.6 is 0 Å². The van der Waals surface area contributed by atoms with Gasteiger partial charge in [0.25, 0.3) is 0 Å². The van der Waals surface area contributed by atoms with E-state index in [0.29, 0.717) is 6.54 Å². The SMILES string of the molecule is O=C([O-])c1ccc(C[n+]2c3ccccc3n3nc4c(cc32)c2cccc3cccc4c32)cc1. The van der Waals surface area contributed by atoms with Crippen LogP contribution in [0.15, 0.2) is 91.0 Å². The van der Waals surface area contributed by atoms with E-state index >= 15 is 0 Å². The second-order valence-corrected chi connectivity index (χ2v) is 8.45. The molecule has 0 aliphatic carbocycles. The summed E-state index contributed by atoms with van der Waals surface area (Å²) >= 11 is 0. The zero-order chi connectivity index (χ0) is 22.1. The van der Waals surface area contributed by atoms with E-state index in [4.69, 9.17) is 5.10 Å². The summed E-state index contributed by atoms with van der Waals surface area (Å²) in [7, 11) is 0. The molecule has 33 heavy (non-hydrogen) atoms.